The minimum absolute atomic E-state index is 0.0128. The van der Waals surface area contributed by atoms with E-state index in [0.717, 1.165) is 25.9 Å². The fourth-order valence-corrected chi connectivity index (χ4v) is 3.51. The first kappa shape index (κ1) is 16.4. The lowest BCUT2D eigenvalue weighted by Crippen LogP contribution is -3.18. The smallest absolute Gasteiger partial charge is 0.141 e. The average Bonchev–Trinajstić information content (AvgIpc) is 2.36. The molecule has 1 saturated carbocycles. The Hall–Kier alpha value is 0.360. The van der Waals surface area contributed by atoms with E-state index in [1.807, 2.05) is 0 Å². The van der Waals surface area contributed by atoms with Gasteiger partial charge in [-0.2, -0.15) is 0 Å². The molecule has 3 nitrogen and oxygen atoms in total. The molecule has 108 valence electrons. The Morgan fingerprint density at radius 2 is 1.61 bits per heavy atom. The van der Waals surface area contributed by atoms with E-state index in [1.165, 1.54) is 30.6 Å². The van der Waals surface area contributed by atoms with Gasteiger partial charge in [-0.3, -0.25) is 0 Å². The summed E-state index contributed by atoms with van der Waals surface area (Å²) in [6.45, 7) is 6.51. The molecule has 18 heavy (non-hydrogen) atoms. The number of hydrogen-bond acceptors (Lipinski definition) is 2. The van der Waals surface area contributed by atoms with Crippen LogP contribution in [0.5, 0.6) is 0 Å². The van der Waals surface area contributed by atoms with E-state index in [9.17, 15) is 10.2 Å². The first-order valence-electron chi connectivity index (χ1n) is 7.46. The monoisotopic (exact) mass is 322 g/mol. The van der Waals surface area contributed by atoms with Gasteiger partial charge in [0.1, 0.15) is 18.2 Å². The van der Waals surface area contributed by atoms with Gasteiger partial charge in [-0.05, 0) is 25.7 Å². The van der Waals surface area contributed by atoms with Crippen molar-refractivity contribution >= 4 is 15.9 Å². The zero-order valence-corrected chi connectivity index (χ0v) is 13.3. The molecule has 0 aromatic heterocycles. The minimum atomic E-state index is -0.419. The van der Waals surface area contributed by atoms with Crippen molar-refractivity contribution < 1.29 is 15.1 Å². The van der Waals surface area contributed by atoms with Crippen molar-refractivity contribution in [3.05, 3.63) is 0 Å². The lowest BCUT2D eigenvalue weighted by Gasteiger charge is -2.40. The van der Waals surface area contributed by atoms with Gasteiger partial charge in [-0.25, -0.2) is 0 Å². The molecule has 0 spiro atoms. The summed E-state index contributed by atoms with van der Waals surface area (Å²) < 4.78 is 0. The Morgan fingerprint density at radius 3 is 2.11 bits per heavy atom. The summed E-state index contributed by atoms with van der Waals surface area (Å²) in [5.41, 5.74) is 0. The Kier molecular flexibility index (Phi) is 7.76. The van der Waals surface area contributed by atoms with Gasteiger partial charge in [0.25, 0.3) is 0 Å². The number of hydrogen-bond donors (Lipinski definition) is 3. The molecule has 1 aliphatic rings. The normalized spacial score (nSPS) is 33.0. The lowest BCUT2D eigenvalue weighted by molar-refractivity contribution is -0.934. The number of aliphatic hydroxyl groups excluding tert-OH is 2. The second-order valence-corrected chi connectivity index (χ2v) is 6.72. The van der Waals surface area contributed by atoms with Crippen molar-refractivity contribution in [1.82, 2.24) is 0 Å². The summed E-state index contributed by atoms with van der Waals surface area (Å²) in [7, 11) is 0. The molecule has 0 aromatic carbocycles. The van der Waals surface area contributed by atoms with E-state index in [2.05, 4.69) is 29.8 Å². The molecule has 0 saturated heterocycles. The number of unbranched alkanes of at least 4 members (excludes halogenated alkanes) is 2. The largest absolute Gasteiger partial charge is 0.387 e. The molecule has 0 unspecified atom stereocenters. The highest BCUT2D eigenvalue weighted by Crippen LogP contribution is 2.24. The van der Waals surface area contributed by atoms with Crippen LogP contribution in [0.4, 0.5) is 0 Å². The molecule has 4 atom stereocenters. The summed E-state index contributed by atoms with van der Waals surface area (Å²) in [5.74, 6) is 0. The molecule has 3 N–H and O–H groups in total. The predicted molar refractivity (Wildman–Crippen MR) is 78.3 cm³/mol. The minimum Gasteiger partial charge on any atom is -0.387 e. The van der Waals surface area contributed by atoms with Crippen LogP contribution in [0.25, 0.3) is 0 Å². The SMILES string of the molecule is CCCC[NH+](CCCC)[C@@H]1[C@H](O)[C@@H](Br)CC[C@H]1O. The summed E-state index contributed by atoms with van der Waals surface area (Å²) in [4.78, 5) is 1.53. The topological polar surface area (TPSA) is 44.9 Å². The van der Waals surface area contributed by atoms with Crippen molar-refractivity contribution in [3.63, 3.8) is 0 Å². The molecule has 0 radical (unpaired) electrons. The molecule has 1 rings (SSSR count). The van der Waals surface area contributed by atoms with Crippen molar-refractivity contribution in [2.24, 2.45) is 0 Å². The van der Waals surface area contributed by atoms with Crippen molar-refractivity contribution in [3.8, 4) is 0 Å². The summed E-state index contributed by atoms with van der Waals surface area (Å²) in [6.07, 6.45) is 5.59. The Balaban J connectivity index is 2.66. The quantitative estimate of drug-likeness (QED) is 0.615. The van der Waals surface area contributed by atoms with Crippen molar-refractivity contribution in [2.75, 3.05) is 13.1 Å². The summed E-state index contributed by atoms with van der Waals surface area (Å²) in [5, 5.41) is 20.6. The molecule has 1 fully saturated rings. The van der Waals surface area contributed by atoms with E-state index < -0.39 is 6.10 Å². The van der Waals surface area contributed by atoms with Crippen LogP contribution in [0.15, 0.2) is 0 Å². The second-order valence-electron chi connectivity index (χ2n) is 5.54. The van der Waals surface area contributed by atoms with Crippen LogP contribution in [0.1, 0.15) is 52.4 Å². The molecule has 0 aliphatic heterocycles. The Bertz CT molecular complexity index is 220. The number of aliphatic hydroxyl groups is 2. The Morgan fingerprint density at radius 1 is 1.06 bits per heavy atom. The van der Waals surface area contributed by atoms with Gasteiger partial charge in [0.15, 0.2) is 0 Å². The highest BCUT2D eigenvalue weighted by Gasteiger charge is 2.42. The van der Waals surface area contributed by atoms with Gasteiger partial charge in [0, 0.05) is 4.83 Å². The van der Waals surface area contributed by atoms with Crippen LogP contribution < -0.4 is 4.90 Å². The first-order chi connectivity index (χ1) is 8.61. The number of alkyl halides is 1. The van der Waals surface area contributed by atoms with E-state index >= 15 is 0 Å². The molecular weight excluding hydrogens is 294 g/mol. The standard InChI is InChI=1S/C14H28BrNO2/c1-3-5-9-16(10-6-4-2)13-12(17)8-7-11(15)14(13)18/h11-14,17-18H,3-10H2,1-2H3/p+1/t11-,12+,13-,14+/m0/s1. The lowest BCUT2D eigenvalue weighted by atomic mass is 9.88. The molecule has 0 amide bonds. The predicted octanol–water partition coefficient (Wildman–Crippen LogP) is 1.12. The van der Waals surface area contributed by atoms with E-state index in [1.54, 1.807) is 0 Å². The maximum Gasteiger partial charge on any atom is 0.141 e. The zero-order valence-electron chi connectivity index (χ0n) is 11.7. The maximum atomic E-state index is 10.3. The Labute approximate surface area is 120 Å². The van der Waals surface area contributed by atoms with Crippen molar-refractivity contribution in [2.45, 2.75) is 75.4 Å². The average molecular weight is 323 g/mol. The molecule has 1 aliphatic carbocycles. The zero-order chi connectivity index (χ0) is 13.5. The van der Waals surface area contributed by atoms with E-state index in [0.29, 0.717) is 0 Å². The third-order valence-corrected chi connectivity index (χ3v) is 5.07. The van der Waals surface area contributed by atoms with Gasteiger partial charge in [0.2, 0.25) is 0 Å². The fraction of sp³-hybridized carbons (Fsp3) is 1.00. The van der Waals surface area contributed by atoms with Gasteiger partial charge in [-0.15, -0.1) is 0 Å². The van der Waals surface area contributed by atoms with Crippen LogP contribution >= 0.6 is 15.9 Å². The first-order valence-corrected chi connectivity index (χ1v) is 8.38. The van der Waals surface area contributed by atoms with Gasteiger partial charge in [0.05, 0.1) is 13.1 Å². The molecule has 0 heterocycles. The van der Waals surface area contributed by atoms with E-state index in [-0.39, 0.29) is 17.0 Å². The maximum absolute atomic E-state index is 10.3. The van der Waals surface area contributed by atoms with Crippen LogP contribution in [0.2, 0.25) is 0 Å². The van der Waals surface area contributed by atoms with Gasteiger partial charge in [-0.1, -0.05) is 42.6 Å². The third-order valence-electron chi connectivity index (χ3n) is 4.07. The van der Waals surface area contributed by atoms with Crippen LogP contribution in [-0.2, 0) is 0 Å². The molecular formula is C14H29BrNO2+. The van der Waals surface area contributed by atoms with Gasteiger partial charge < -0.3 is 15.1 Å². The number of quaternary nitrogens is 1. The summed E-state index contributed by atoms with van der Waals surface area (Å²) in [6, 6.07) is -0.0128. The third kappa shape index (κ3) is 4.48. The molecule has 0 aromatic rings. The highest BCUT2D eigenvalue weighted by molar-refractivity contribution is 9.09. The number of nitrogens with one attached hydrogen (secondary N) is 1. The van der Waals surface area contributed by atoms with Crippen LogP contribution in [-0.4, -0.2) is 46.4 Å². The second kappa shape index (κ2) is 8.51. The van der Waals surface area contributed by atoms with Crippen molar-refractivity contribution in [1.29, 1.82) is 0 Å². The highest BCUT2D eigenvalue weighted by atomic mass is 79.9. The number of halogens is 1. The molecule has 4 heteroatoms. The van der Waals surface area contributed by atoms with Gasteiger partial charge >= 0.3 is 0 Å². The van der Waals surface area contributed by atoms with Crippen LogP contribution in [0, 0.1) is 0 Å². The fourth-order valence-electron chi connectivity index (χ4n) is 2.91. The summed E-state index contributed by atoms with van der Waals surface area (Å²) >= 11 is 3.55. The molecule has 0 bridgehead atoms. The number of rotatable bonds is 7. The van der Waals surface area contributed by atoms with Crippen LogP contribution in [0.3, 0.4) is 0 Å². The van der Waals surface area contributed by atoms with E-state index in [4.69, 9.17) is 0 Å².